The van der Waals surface area contributed by atoms with Crippen LogP contribution in [0, 0.1) is 6.92 Å². The summed E-state index contributed by atoms with van der Waals surface area (Å²) in [5.41, 5.74) is 3.29. The molecule has 6 nitrogen and oxygen atoms in total. The largest absolute Gasteiger partial charge is 0.507 e. The lowest BCUT2D eigenvalue weighted by atomic mass is 9.84. The van der Waals surface area contributed by atoms with Crippen molar-refractivity contribution in [3.8, 4) is 11.5 Å². The van der Waals surface area contributed by atoms with E-state index in [4.69, 9.17) is 9.47 Å². The van der Waals surface area contributed by atoms with Crippen molar-refractivity contribution in [3.63, 3.8) is 0 Å². The third-order valence-corrected chi connectivity index (χ3v) is 6.62. The second-order valence-corrected chi connectivity index (χ2v) is 10.1. The van der Waals surface area contributed by atoms with Crippen molar-refractivity contribution in [1.82, 2.24) is 0 Å². The molecule has 0 aromatic heterocycles. The Bertz CT molecular complexity index is 1380. The maximum absolute atomic E-state index is 13.5. The van der Waals surface area contributed by atoms with Crippen molar-refractivity contribution in [2.75, 3.05) is 18.6 Å². The molecule has 6 heteroatoms. The Balaban J connectivity index is 1.97. The molecule has 1 unspecified atom stereocenters. The number of hydrogen-bond donors (Lipinski definition) is 1. The van der Waals surface area contributed by atoms with Gasteiger partial charge in [-0.05, 0) is 60.7 Å². The topological polar surface area (TPSA) is 76.1 Å². The summed E-state index contributed by atoms with van der Waals surface area (Å²) in [6, 6.07) is 19.2. The van der Waals surface area contributed by atoms with Gasteiger partial charge in [-0.1, -0.05) is 51.1 Å². The third-order valence-electron chi connectivity index (χ3n) is 6.62. The average molecular weight is 500 g/mol. The summed E-state index contributed by atoms with van der Waals surface area (Å²) in [5.74, 6) is -0.376. The van der Waals surface area contributed by atoms with Gasteiger partial charge in [0.25, 0.3) is 11.7 Å². The molecule has 3 aromatic rings. The summed E-state index contributed by atoms with van der Waals surface area (Å²) >= 11 is 0. The number of amides is 1. The highest BCUT2D eigenvalue weighted by molar-refractivity contribution is 6.51. The lowest BCUT2D eigenvalue weighted by Crippen LogP contribution is -2.29. The Kier molecular flexibility index (Phi) is 7.12. The standard InChI is InChI=1S/C31H33NO5/c1-7-37-25-16-15-20(17-24(25)31(3,4)5)28(33)26-27(23-14-9-8-11-19(23)2)32(30(35)29(26)34)21-12-10-13-22(18-21)36-6/h8-18,27,33H,7H2,1-6H3/b28-26+. The summed E-state index contributed by atoms with van der Waals surface area (Å²) < 4.78 is 11.2. The van der Waals surface area contributed by atoms with Crippen LogP contribution < -0.4 is 14.4 Å². The Labute approximate surface area is 218 Å². The van der Waals surface area contributed by atoms with E-state index in [0.717, 1.165) is 22.4 Å². The van der Waals surface area contributed by atoms with E-state index >= 15 is 0 Å². The van der Waals surface area contributed by atoms with Crippen LogP contribution in [0.4, 0.5) is 5.69 Å². The molecule has 1 aliphatic rings. The fourth-order valence-electron chi connectivity index (χ4n) is 4.75. The minimum Gasteiger partial charge on any atom is -0.507 e. The number of methoxy groups -OCH3 is 1. The van der Waals surface area contributed by atoms with Gasteiger partial charge in [0, 0.05) is 22.9 Å². The number of carbonyl (C=O) groups excluding carboxylic acids is 2. The van der Waals surface area contributed by atoms with Crippen molar-refractivity contribution in [2.24, 2.45) is 0 Å². The Morgan fingerprint density at radius 2 is 1.73 bits per heavy atom. The highest BCUT2D eigenvalue weighted by Gasteiger charge is 2.47. The second kappa shape index (κ2) is 10.1. The molecule has 1 heterocycles. The van der Waals surface area contributed by atoms with Gasteiger partial charge in [-0.2, -0.15) is 0 Å². The quantitative estimate of drug-likeness (QED) is 0.244. The Hall–Kier alpha value is -4.06. The van der Waals surface area contributed by atoms with Gasteiger partial charge < -0.3 is 14.6 Å². The maximum atomic E-state index is 13.5. The molecule has 4 rings (SSSR count). The zero-order valence-electron chi connectivity index (χ0n) is 22.2. The predicted octanol–water partition coefficient (Wildman–Crippen LogP) is 6.33. The summed E-state index contributed by atoms with van der Waals surface area (Å²) in [7, 11) is 1.55. The Morgan fingerprint density at radius 1 is 1.00 bits per heavy atom. The van der Waals surface area contributed by atoms with Crippen molar-refractivity contribution in [2.45, 2.75) is 46.1 Å². The van der Waals surface area contributed by atoms with Gasteiger partial charge in [0.15, 0.2) is 0 Å². The fourth-order valence-corrected chi connectivity index (χ4v) is 4.75. The molecule has 3 aromatic carbocycles. The number of aryl methyl sites for hydroxylation is 1. The van der Waals surface area contributed by atoms with Crippen LogP contribution >= 0.6 is 0 Å². The van der Waals surface area contributed by atoms with Crippen molar-refractivity contribution in [1.29, 1.82) is 0 Å². The smallest absolute Gasteiger partial charge is 0.300 e. The van der Waals surface area contributed by atoms with Gasteiger partial charge in [-0.25, -0.2) is 0 Å². The van der Waals surface area contributed by atoms with Gasteiger partial charge in [0.2, 0.25) is 0 Å². The molecule has 1 amide bonds. The number of carbonyl (C=O) groups is 2. The van der Waals surface area contributed by atoms with Crippen molar-refractivity contribution < 1.29 is 24.2 Å². The molecule has 1 aliphatic heterocycles. The molecule has 0 spiro atoms. The van der Waals surface area contributed by atoms with Gasteiger partial charge >= 0.3 is 0 Å². The minimum absolute atomic E-state index is 0.0474. The lowest BCUT2D eigenvalue weighted by Gasteiger charge is -2.27. The average Bonchev–Trinajstić information content (AvgIpc) is 3.13. The lowest BCUT2D eigenvalue weighted by molar-refractivity contribution is -0.132. The number of anilines is 1. The molecule has 192 valence electrons. The third kappa shape index (κ3) is 4.84. The van der Waals surface area contributed by atoms with E-state index in [9.17, 15) is 14.7 Å². The zero-order chi connectivity index (χ0) is 26.9. The number of rotatable bonds is 6. The minimum atomic E-state index is -0.807. The number of Topliss-reactive ketones (excluding diaryl/α,β-unsaturated/α-hetero) is 1. The highest BCUT2D eigenvalue weighted by atomic mass is 16.5. The van der Waals surface area contributed by atoms with Crippen LogP contribution in [0.25, 0.3) is 5.76 Å². The van der Waals surface area contributed by atoms with E-state index in [1.54, 1.807) is 43.5 Å². The van der Waals surface area contributed by atoms with Crippen LogP contribution in [-0.2, 0) is 15.0 Å². The number of aliphatic hydroxyl groups excluding tert-OH is 1. The number of benzene rings is 3. The fraction of sp³-hybridized carbons (Fsp3) is 0.290. The second-order valence-electron chi connectivity index (χ2n) is 10.1. The summed E-state index contributed by atoms with van der Waals surface area (Å²) in [5, 5.41) is 11.6. The molecule has 1 N–H and O–H groups in total. The van der Waals surface area contributed by atoms with E-state index in [0.29, 0.717) is 23.6 Å². The van der Waals surface area contributed by atoms with E-state index in [1.165, 1.54) is 4.90 Å². The van der Waals surface area contributed by atoms with Crippen LogP contribution in [0.1, 0.15) is 56.0 Å². The van der Waals surface area contributed by atoms with Crippen LogP contribution in [0.2, 0.25) is 0 Å². The Morgan fingerprint density at radius 3 is 2.38 bits per heavy atom. The van der Waals surface area contributed by atoms with Crippen molar-refractivity contribution in [3.05, 3.63) is 94.6 Å². The SMILES string of the molecule is CCOc1ccc(/C(O)=C2\C(=O)C(=O)N(c3cccc(OC)c3)C2c2ccccc2C)cc1C(C)(C)C. The first kappa shape index (κ1) is 26.0. The number of hydrogen-bond acceptors (Lipinski definition) is 5. The maximum Gasteiger partial charge on any atom is 0.300 e. The molecule has 37 heavy (non-hydrogen) atoms. The summed E-state index contributed by atoms with van der Waals surface area (Å²) in [4.78, 5) is 28.5. The predicted molar refractivity (Wildman–Crippen MR) is 145 cm³/mol. The van der Waals surface area contributed by atoms with Crippen LogP contribution in [0.3, 0.4) is 0 Å². The number of aliphatic hydroxyl groups is 1. The molecule has 0 bridgehead atoms. The molecular weight excluding hydrogens is 466 g/mol. The molecule has 1 saturated heterocycles. The molecule has 1 atom stereocenters. The first-order valence-electron chi connectivity index (χ1n) is 12.4. The van der Waals surface area contributed by atoms with E-state index in [-0.39, 0.29) is 16.7 Å². The van der Waals surface area contributed by atoms with E-state index < -0.39 is 17.7 Å². The molecular formula is C31H33NO5. The summed E-state index contributed by atoms with van der Waals surface area (Å²) in [6.07, 6.45) is 0. The van der Waals surface area contributed by atoms with E-state index in [2.05, 4.69) is 20.8 Å². The number of ether oxygens (including phenoxy) is 2. The molecule has 0 radical (unpaired) electrons. The van der Waals surface area contributed by atoms with Gasteiger partial charge in [-0.15, -0.1) is 0 Å². The van der Waals surface area contributed by atoms with E-state index in [1.807, 2.05) is 44.2 Å². The van der Waals surface area contributed by atoms with Crippen LogP contribution in [0.5, 0.6) is 11.5 Å². The number of ketones is 1. The summed E-state index contributed by atoms with van der Waals surface area (Å²) in [6.45, 7) is 10.5. The normalized spacial score (nSPS) is 17.2. The highest BCUT2D eigenvalue weighted by Crippen LogP contribution is 2.44. The van der Waals surface area contributed by atoms with Gasteiger partial charge in [-0.3, -0.25) is 14.5 Å². The molecule has 1 fully saturated rings. The molecule has 0 aliphatic carbocycles. The molecule has 0 saturated carbocycles. The van der Waals surface area contributed by atoms with Crippen molar-refractivity contribution >= 4 is 23.1 Å². The van der Waals surface area contributed by atoms with Crippen LogP contribution in [-0.4, -0.2) is 30.5 Å². The van der Waals surface area contributed by atoms with Gasteiger partial charge in [0.05, 0.1) is 25.3 Å². The monoisotopic (exact) mass is 499 g/mol. The van der Waals surface area contributed by atoms with Crippen LogP contribution in [0.15, 0.2) is 72.3 Å². The first-order chi connectivity index (χ1) is 17.6. The zero-order valence-corrected chi connectivity index (χ0v) is 22.2. The first-order valence-corrected chi connectivity index (χ1v) is 12.4. The van der Waals surface area contributed by atoms with Gasteiger partial charge in [0.1, 0.15) is 17.3 Å². The number of nitrogens with zero attached hydrogens (tertiary/aromatic N) is 1.